The van der Waals surface area contributed by atoms with Gasteiger partial charge in [-0.25, -0.2) is 9.97 Å². The van der Waals surface area contributed by atoms with Gasteiger partial charge in [-0.05, 0) is 12.1 Å². The Labute approximate surface area is 164 Å². The fourth-order valence-electron chi connectivity index (χ4n) is 3.16. The monoisotopic (exact) mass is 374 g/mol. The van der Waals surface area contributed by atoms with Crippen molar-refractivity contribution in [3.05, 3.63) is 72.4 Å². The summed E-state index contributed by atoms with van der Waals surface area (Å²) in [5, 5.41) is 0. The molecule has 3 aromatic rings. The Morgan fingerprint density at radius 1 is 0.964 bits per heavy atom. The fourth-order valence-corrected chi connectivity index (χ4v) is 3.16. The van der Waals surface area contributed by atoms with Gasteiger partial charge in [-0.1, -0.05) is 48.5 Å². The molecule has 0 unspecified atom stereocenters. The molecule has 0 spiro atoms. The molecule has 1 aliphatic heterocycles. The lowest BCUT2D eigenvalue weighted by molar-refractivity contribution is 0.0988. The lowest BCUT2D eigenvalue weighted by Crippen LogP contribution is -2.37. The molecule has 0 aliphatic carbocycles. The van der Waals surface area contributed by atoms with Crippen LogP contribution in [0.3, 0.4) is 0 Å². The third-order valence-corrected chi connectivity index (χ3v) is 4.75. The Bertz CT molecular complexity index is 941. The van der Waals surface area contributed by atoms with Gasteiger partial charge in [0.15, 0.2) is 5.82 Å². The summed E-state index contributed by atoms with van der Waals surface area (Å²) in [4.78, 5) is 26.2. The van der Waals surface area contributed by atoms with Gasteiger partial charge in [0.2, 0.25) is 0 Å². The van der Waals surface area contributed by atoms with E-state index in [0.29, 0.717) is 24.7 Å². The van der Waals surface area contributed by atoms with E-state index in [2.05, 4.69) is 9.88 Å². The molecule has 4 rings (SSSR count). The van der Waals surface area contributed by atoms with Gasteiger partial charge >= 0.3 is 0 Å². The zero-order valence-corrected chi connectivity index (χ0v) is 15.8. The van der Waals surface area contributed by atoms with Crippen LogP contribution < -0.4 is 9.80 Å². The molecule has 0 N–H and O–H groups in total. The third kappa shape index (κ3) is 3.87. The SMILES string of the molecule is CN(C(=O)c1cc(N2CCOCC2)nc(-c2ccccc2)n1)c1ccccc1. The smallest absolute Gasteiger partial charge is 0.276 e. The first-order chi connectivity index (χ1) is 13.7. The quantitative estimate of drug-likeness (QED) is 0.702. The Hall–Kier alpha value is -3.25. The third-order valence-electron chi connectivity index (χ3n) is 4.75. The van der Waals surface area contributed by atoms with Crippen LogP contribution in [0.1, 0.15) is 10.5 Å². The van der Waals surface area contributed by atoms with E-state index in [1.165, 1.54) is 0 Å². The van der Waals surface area contributed by atoms with E-state index in [4.69, 9.17) is 9.72 Å². The lowest BCUT2D eigenvalue weighted by atomic mass is 10.2. The van der Waals surface area contributed by atoms with E-state index >= 15 is 0 Å². The summed E-state index contributed by atoms with van der Waals surface area (Å²) in [6.45, 7) is 2.79. The van der Waals surface area contributed by atoms with Crippen LogP contribution in [0, 0.1) is 0 Å². The van der Waals surface area contributed by atoms with Crippen molar-refractivity contribution < 1.29 is 9.53 Å². The average molecular weight is 374 g/mol. The number of hydrogen-bond donors (Lipinski definition) is 0. The second kappa shape index (κ2) is 8.19. The normalized spacial score (nSPS) is 14.0. The molecule has 1 amide bonds. The number of hydrogen-bond acceptors (Lipinski definition) is 5. The van der Waals surface area contributed by atoms with E-state index in [1.807, 2.05) is 60.7 Å². The topological polar surface area (TPSA) is 58.6 Å². The molecule has 6 heteroatoms. The van der Waals surface area contributed by atoms with Crippen LogP contribution in [0.25, 0.3) is 11.4 Å². The molecule has 142 valence electrons. The molecule has 1 fully saturated rings. The van der Waals surface area contributed by atoms with Gasteiger partial charge in [0.05, 0.1) is 13.2 Å². The number of amides is 1. The standard InChI is InChI=1S/C22H22N4O2/c1-25(18-10-6-3-7-11-18)22(27)19-16-20(26-12-14-28-15-13-26)24-21(23-19)17-8-4-2-5-9-17/h2-11,16H,12-15H2,1H3. The number of carbonyl (C=O) groups is 1. The maximum absolute atomic E-state index is 13.2. The highest BCUT2D eigenvalue weighted by molar-refractivity contribution is 6.05. The molecule has 1 aromatic heterocycles. The Balaban J connectivity index is 1.74. The fraction of sp³-hybridized carbons (Fsp3) is 0.227. The maximum atomic E-state index is 13.2. The van der Waals surface area contributed by atoms with Gasteiger partial charge in [0.25, 0.3) is 5.91 Å². The predicted octanol–water partition coefficient (Wildman–Crippen LogP) is 3.26. The summed E-state index contributed by atoms with van der Waals surface area (Å²) in [5.74, 6) is 1.14. The van der Waals surface area contributed by atoms with Crippen LogP contribution in [0.4, 0.5) is 11.5 Å². The number of carbonyl (C=O) groups excluding carboxylic acids is 1. The van der Waals surface area contributed by atoms with Crippen LogP contribution >= 0.6 is 0 Å². The Morgan fingerprint density at radius 2 is 1.61 bits per heavy atom. The maximum Gasteiger partial charge on any atom is 0.276 e. The van der Waals surface area contributed by atoms with Gasteiger partial charge in [-0.15, -0.1) is 0 Å². The van der Waals surface area contributed by atoms with Gasteiger partial charge in [0, 0.05) is 37.5 Å². The molecule has 1 saturated heterocycles. The minimum Gasteiger partial charge on any atom is -0.378 e. The highest BCUT2D eigenvalue weighted by atomic mass is 16.5. The largest absolute Gasteiger partial charge is 0.378 e. The predicted molar refractivity (Wildman–Crippen MR) is 110 cm³/mol. The first kappa shape index (κ1) is 18.1. The number of nitrogens with zero attached hydrogens (tertiary/aromatic N) is 4. The van der Waals surface area contributed by atoms with Gasteiger partial charge in [-0.2, -0.15) is 0 Å². The van der Waals surface area contributed by atoms with Crippen LogP contribution in [0.5, 0.6) is 0 Å². The van der Waals surface area contributed by atoms with E-state index < -0.39 is 0 Å². The van der Waals surface area contributed by atoms with Gasteiger partial charge in [0.1, 0.15) is 11.5 Å². The van der Waals surface area contributed by atoms with Crippen molar-refractivity contribution in [3.63, 3.8) is 0 Å². The van der Waals surface area contributed by atoms with E-state index in [1.54, 1.807) is 18.0 Å². The van der Waals surface area contributed by atoms with Gasteiger partial charge < -0.3 is 14.5 Å². The number of morpholine rings is 1. The highest BCUT2D eigenvalue weighted by Gasteiger charge is 2.21. The second-order valence-corrected chi connectivity index (χ2v) is 6.60. The molecule has 2 aromatic carbocycles. The van der Waals surface area contributed by atoms with Crippen LogP contribution in [-0.4, -0.2) is 49.2 Å². The Kier molecular flexibility index (Phi) is 5.30. The van der Waals surface area contributed by atoms with Crippen molar-refractivity contribution in [2.45, 2.75) is 0 Å². The zero-order valence-electron chi connectivity index (χ0n) is 15.8. The van der Waals surface area contributed by atoms with Crippen molar-refractivity contribution in [3.8, 4) is 11.4 Å². The van der Waals surface area contributed by atoms with Crippen molar-refractivity contribution in [2.75, 3.05) is 43.2 Å². The van der Waals surface area contributed by atoms with Crippen molar-refractivity contribution in [1.29, 1.82) is 0 Å². The summed E-state index contributed by atoms with van der Waals surface area (Å²) >= 11 is 0. The first-order valence-electron chi connectivity index (χ1n) is 9.33. The molecule has 6 nitrogen and oxygen atoms in total. The molecule has 0 radical (unpaired) electrons. The summed E-state index contributed by atoms with van der Waals surface area (Å²) in [6, 6.07) is 21.1. The number of ether oxygens (including phenoxy) is 1. The number of para-hydroxylation sites is 1. The first-order valence-corrected chi connectivity index (χ1v) is 9.33. The van der Waals surface area contributed by atoms with E-state index in [-0.39, 0.29) is 5.91 Å². The van der Waals surface area contributed by atoms with Crippen LogP contribution in [0.2, 0.25) is 0 Å². The number of benzene rings is 2. The molecule has 0 bridgehead atoms. The molecule has 0 saturated carbocycles. The van der Waals surface area contributed by atoms with Crippen LogP contribution in [-0.2, 0) is 4.74 Å². The Morgan fingerprint density at radius 3 is 2.29 bits per heavy atom. The van der Waals surface area contributed by atoms with E-state index in [0.717, 1.165) is 30.2 Å². The summed E-state index contributed by atoms with van der Waals surface area (Å²) in [7, 11) is 1.76. The number of rotatable bonds is 4. The number of aromatic nitrogens is 2. The minimum atomic E-state index is -0.166. The average Bonchev–Trinajstić information content (AvgIpc) is 2.79. The summed E-state index contributed by atoms with van der Waals surface area (Å²) in [6.07, 6.45) is 0. The highest BCUT2D eigenvalue weighted by Crippen LogP contribution is 2.23. The lowest BCUT2D eigenvalue weighted by Gasteiger charge is -2.28. The van der Waals surface area contributed by atoms with Crippen molar-refractivity contribution >= 4 is 17.4 Å². The summed E-state index contributed by atoms with van der Waals surface area (Å²) < 4.78 is 5.45. The number of anilines is 2. The summed E-state index contributed by atoms with van der Waals surface area (Å²) in [5.41, 5.74) is 2.08. The molecule has 0 atom stereocenters. The zero-order chi connectivity index (χ0) is 19.3. The molecular weight excluding hydrogens is 352 g/mol. The molecule has 2 heterocycles. The molecule has 1 aliphatic rings. The van der Waals surface area contributed by atoms with E-state index in [9.17, 15) is 4.79 Å². The minimum absolute atomic E-state index is 0.166. The van der Waals surface area contributed by atoms with Crippen LogP contribution in [0.15, 0.2) is 66.7 Å². The molecule has 28 heavy (non-hydrogen) atoms. The molecular formula is C22H22N4O2. The van der Waals surface area contributed by atoms with Crippen molar-refractivity contribution in [1.82, 2.24) is 9.97 Å². The van der Waals surface area contributed by atoms with Crippen molar-refractivity contribution in [2.24, 2.45) is 0 Å². The second-order valence-electron chi connectivity index (χ2n) is 6.60. The van der Waals surface area contributed by atoms with Gasteiger partial charge in [-0.3, -0.25) is 4.79 Å².